The second-order valence-electron chi connectivity index (χ2n) is 2.92. The molecule has 0 N–H and O–H groups in total. The van der Waals surface area contributed by atoms with Crippen LogP contribution in [0.2, 0.25) is 0 Å². The Labute approximate surface area is 71.0 Å². The third-order valence-corrected chi connectivity index (χ3v) is 2.18. The van der Waals surface area contributed by atoms with Gasteiger partial charge in [0.05, 0.1) is 11.4 Å². The summed E-state index contributed by atoms with van der Waals surface area (Å²) in [7, 11) is 1.79. The van der Waals surface area contributed by atoms with Gasteiger partial charge in [0.2, 0.25) is 5.91 Å². The summed E-state index contributed by atoms with van der Waals surface area (Å²) >= 11 is 0. The fourth-order valence-corrected chi connectivity index (χ4v) is 1.45. The van der Waals surface area contributed by atoms with Crippen LogP contribution in [0.15, 0.2) is 18.3 Å². The van der Waals surface area contributed by atoms with Crippen LogP contribution in [0.5, 0.6) is 0 Å². The van der Waals surface area contributed by atoms with Crippen LogP contribution in [0.25, 0.3) is 0 Å². The second-order valence-corrected chi connectivity index (χ2v) is 2.92. The lowest BCUT2D eigenvalue weighted by Gasteiger charge is -2.24. The molecule has 0 saturated heterocycles. The van der Waals surface area contributed by atoms with E-state index in [1.807, 2.05) is 12.1 Å². The van der Waals surface area contributed by atoms with E-state index in [4.69, 9.17) is 0 Å². The van der Waals surface area contributed by atoms with Gasteiger partial charge in [0, 0.05) is 26.1 Å². The zero-order valence-electron chi connectivity index (χ0n) is 6.95. The van der Waals surface area contributed by atoms with Gasteiger partial charge < -0.3 is 4.90 Å². The van der Waals surface area contributed by atoms with Crippen LogP contribution < -0.4 is 4.90 Å². The van der Waals surface area contributed by atoms with E-state index < -0.39 is 0 Å². The molecule has 1 amide bonds. The number of aromatic nitrogens is 1. The average molecular weight is 162 g/mol. The highest BCUT2D eigenvalue weighted by molar-refractivity contribution is 5.95. The molecule has 0 aliphatic carbocycles. The van der Waals surface area contributed by atoms with E-state index in [2.05, 4.69) is 4.98 Å². The molecule has 0 spiro atoms. The van der Waals surface area contributed by atoms with Crippen LogP contribution in [0.4, 0.5) is 5.69 Å². The number of rotatable bonds is 0. The first kappa shape index (κ1) is 7.28. The van der Waals surface area contributed by atoms with Gasteiger partial charge in [-0.1, -0.05) is 0 Å². The maximum Gasteiger partial charge on any atom is 0.227 e. The zero-order valence-corrected chi connectivity index (χ0v) is 6.95. The van der Waals surface area contributed by atoms with E-state index in [1.165, 1.54) is 0 Å². The molecular weight excluding hydrogens is 152 g/mol. The normalized spacial score (nSPS) is 16.1. The number of fused-ring (bicyclic) bond motifs is 1. The third-order valence-electron chi connectivity index (χ3n) is 2.18. The van der Waals surface area contributed by atoms with E-state index in [1.54, 1.807) is 18.1 Å². The van der Waals surface area contributed by atoms with Crippen molar-refractivity contribution in [1.29, 1.82) is 0 Å². The SMILES string of the molecule is CN1C(=O)CCc2ncccc21. The molecule has 1 aromatic heterocycles. The van der Waals surface area contributed by atoms with Gasteiger partial charge in [0.25, 0.3) is 0 Å². The molecule has 1 aromatic rings. The Kier molecular flexibility index (Phi) is 1.57. The Bertz CT molecular complexity index is 322. The molecule has 3 nitrogen and oxygen atoms in total. The van der Waals surface area contributed by atoms with Crippen molar-refractivity contribution < 1.29 is 4.79 Å². The summed E-state index contributed by atoms with van der Waals surface area (Å²) in [6, 6.07) is 3.79. The maximum absolute atomic E-state index is 11.3. The molecule has 3 heteroatoms. The zero-order chi connectivity index (χ0) is 8.55. The molecule has 0 bridgehead atoms. The average Bonchev–Trinajstić information content (AvgIpc) is 2.12. The largest absolute Gasteiger partial charge is 0.314 e. The monoisotopic (exact) mass is 162 g/mol. The van der Waals surface area contributed by atoms with Crippen LogP contribution in [-0.4, -0.2) is 17.9 Å². The Balaban J connectivity index is 2.48. The van der Waals surface area contributed by atoms with E-state index in [0.717, 1.165) is 17.8 Å². The van der Waals surface area contributed by atoms with Crippen molar-refractivity contribution in [2.45, 2.75) is 12.8 Å². The summed E-state index contributed by atoms with van der Waals surface area (Å²) in [6.45, 7) is 0. The minimum Gasteiger partial charge on any atom is -0.314 e. The van der Waals surface area contributed by atoms with Gasteiger partial charge in [0.1, 0.15) is 0 Å². The Hall–Kier alpha value is -1.38. The smallest absolute Gasteiger partial charge is 0.227 e. The van der Waals surface area contributed by atoms with Gasteiger partial charge >= 0.3 is 0 Å². The standard InChI is InChI=1S/C9H10N2O/c1-11-8-3-2-6-10-7(8)4-5-9(11)12/h2-3,6H,4-5H2,1H3. The molecule has 2 rings (SSSR count). The summed E-state index contributed by atoms with van der Waals surface area (Å²) in [4.78, 5) is 17.1. The van der Waals surface area contributed by atoms with Gasteiger partial charge in [-0.2, -0.15) is 0 Å². The van der Waals surface area contributed by atoms with Crippen molar-refractivity contribution in [2.75, 3.05) is 11.9 Å². The molecule has 62 valence electrons. The summed E-state index contributed by atoms with van der Waals surface area (Å²) < 4.78 is 0. The van der Waals surface area contributed by atoms with Gasteiger partial charge in [0.15, 0.2) is 0 Å². The minimum absolute atomic E-state index is 0.176. The molecule has 0 fully saturated rings. The molecule has 0 saturated carbocycles. The second kappa shape index (κ2) is 2.59. The summed E-state index contributed by atoms with van der Waals surface area (Å²) in [5.74, 6) is 0.176. The van der Waals surface area contributed by atoms with Crippen LogP contribution in [0.3, 0.4) is 0 Å². The topological polar surface area (TPSA) is 33.2 Å². The Morgan fingerprint density at radius 2 is 2.33 bits per heavy atom. The number of hydrogen-bond donors (Lipinski definition) is 0. The van der Waals surface area contributed by atoms with E-state index in [-0.39, 0.29) is 5.91 Å². The summed E-state index contributed by atoms with van der Waals surface area (Å²) in [5, 5.41) is 0. The number of amides is 1. The molecule has 0 atom stereocenters. The number of carbonyl (C=O) groups is 1. The number of nitrogens with zero attached hydrogens (tertiary/aromatic N) is 2. The third kappa shape index (κ3) is 0.978. The highest BCUT2D eigenvalue weighted by Gasteiger charge is 2.20. The van der Waals surface area contributed by atoms with Gasteiger partial charge in [-0.05, 0) is 12.1 Å². The predicted molar refractivity (Wildman–Crippen MR) is 46.0 cm³/mol. The Morgan fingerprint density at radius 1 is 1.50 bits per heavy atom. The molecule has 0 aromatic carbocycles. The number of anilines is 1. The highest BCUT2D eigenvalue weighted by Crippen LogP contribution is 2.23. The molecule has 0 radical (unpaired) electrons. The van der Waals surface area contributed by atoms with E-state index >= 15 is 0 Å². The lowest BCUT2D eigenvalue weighted by Crippen LogP contribution is -2.31. The maximum atomic E-state index is 11.3. The van der Waals surface area contributed by atoms with Gasteiger partial charge in [-0.15, -0.1) is 0 Å². The van der Waals surface area contributed by atoms with Crippen molar-refractivity contribution in [1.82, 2.24) is 4.98 Å². The molecular formula is C9H10N2O. The number of pyridine rings is 1. The summed E-state index contributed by atoms with van der Waals surface area (Å²) in [5.41, 5.74) is 1.98. The molecule has 0 unspecified atom stereocenters. The summed E-state index contributed by atoms with van der Waals surface area (Å²) in [6.07, 6.45) is 3.13. The number of hydrogen-bond acceptors (Lipinski definition) is 2. The first-order valence-corrected chi connectivity index (χ1v) is 3.99. The van der Waals surface area contributed by atoms with Gasteiger partial charge in [-0.3, -0.25) is 9.78 Å². The van der Waals surface area contributed by atoms with E-state index in [9.17, 15) is 4.79 Å². The highest BCUT2D eigenvalue weighted by atomic mass is 16.2. The fraction of sp³-hybridized carbons (Fsp3) is 0.333. The van der Waals surface area contributed by atoms with E-state index in [0.29, 0.717) is 6.42 Å². The predicted octanol–water partition coefficient (Wildman–Crippen LogP) is 0.991. The van der Waals surface area contributed by atoms with Crippen LogP contribution in [0.1, 0.15) is 12.1 Å². The molecule has 1 aliphatic heterocycles. The van der Waals surface area contributed by atoms with Crippen molar-refractivity contribution in [3.63, 3.8) is 0 Å². The molecule has 12 heavy (non-hydrogen) atoms. The lowest BCUT2D eigenvalue weighted by molar-refractivity contribution is -0.118. The van der Waals surface area contributed by atoms with Gasteiger partial charge in [-0.25, -0.2) is 0 Å². The number of aryl methyl sites for hydroxylation is 1. The van der Waals surface area contributed by atoms with Crippen LogP contribution in [-0.2, 0) is 11.2 Å². The number of carbonyl (C=O) groups excluding carboxylic acids is 1. The van der Waals surface area contributed by atoms with Crippen LogP contribution in [0, 0.1) is 0 Å². The van der Waals surface area contributed by atoms with Crippen LogP contribution >= 0.6 is 0 Å². The molecule has 2 heterocycles. The van der Waals surface area contributed by atoms with Crippen molar-refractivity contribution in [2.24, 2.45) is 0 Å². The quantitative estimate of drug-likeness (QED) is 0.570. The minimum atomic E-state index is 0.176. The van der Waals surface area contributed by atoms with Crippen molar-refractivity contribution in [3.05, 3.63) is 24.0 Å². The first-order chi connectivity index (χ1) is 5.79. The fourth-order valence-electron chi connectivity index (χ4n) is 1.45. The van der Waals surface area contributed by atoms with Crippen molar-refractivity contribution in [3.8, 4) is 0 Å². The lowest BCUT2D eigenvalue weighted by atomic mass is 10.1. The van der Waals surface area contributed by atoms with Crippen molar-refractivity contribution >= 4 is 11.6 Å². The Morgan fingerprint density at radius 3 is 3.17 bits per heavy atom. The first-order valence-electron chi connectivity index (χ1n) is 3.99. The molecule has 1 aliphatic rings.